The molecule has 8 aromatic rings. The minimum absolute atomic E-state index is 0. The molecule has 122 heavy (non-hydrogen) atoms. The van der Waals surface area contributed by atoms with Crippen molar-refractivity contribution in [3.63, 3.8) is 0 Å². The molecule has 36 heteroatoms. The number of rotatable bonds is 23. The Hall–Kier alpha value is -13.9. The van der Waals surface area contributed by atoms with Gasteiger partial charge in [-0.25, -0.2) is 36.9 Å². The van der Waals surface area contributed by atoms with Gasteiger partial charge in [-0.05, 0) is 168 Å². The number of carboxylic acids is 1. The molecule has 20 nitrogen and oxygen atoms in total. The van der Waals surface area contributed by atoms with Gasteiger partial charge in [-0.3, -0.25) is 29.1 Å². The number of amides is 1. The maximum absolute atomic E-state index is 14.1. The molecule has 0 aliphatic carbocycles. The molecule has 0 atom stereocenters. The van der Waals surface area contributed by atoms with E-state index in [1.54, 1.807) is 95.8 Å². The molecule has 8 aromatic carbocycles. The lowest BCUT2D eigenvalue weighted by molar-refractivity contribution is -0.143. The topological polar surface area (TPSA) is 216 Å². The third-order valence-electron chi connectivity index (χ3n) is 16.7. The number of alkyl halides is 12. The number of hydrogen-bond donors (Lipinski definition) is 4. The number of nitrogens with one attached hydrogen (secondary N) is 3. The van der Waals surface area contributed by atoms with Gasteiger partial charge >= 0.3 is 44.0 Å². The highest BCUT2D eigenvalue weighted by atomic mass is 19.4. The molecule has 1 fully saturated rings. The van der Waals surface area contributed by atoms with Crippen LogP contribution in [0.4, 0.5) is 138 Å². The summed E-state index contributed by atoms with van der Waals surface area (Å²) in [5.41, 5.74) is -2.48. The molecular formula is C86H84F16N12O8. The lowest BCUT2D eigenvalue weighted by Gasteiger charge is -2.38. The molecule has 9 rings (SSSR count). The van der Waals surface area contributed by atoms with Crippen molar-refractivity contribution in [1.29, 1.82) is 0 Å². The number of carbonyl (C=O) groups is 4. The van der Waals surface area contributed by atoms with Crippen molar-refractivity contribution in [3.05, 3.63) is 296 Å². The minimum atomic E-state index is -4.74. The second kappa shape index (κ2) is 47.1. The largest absolute Gasteiger partial charge is 1.00 e. The van der Waals surface area contributed by atoms with Crippen molar-refractivity contribution in [3.8, 4) is 0 Å². The van der Waals surface area contributed by atoms with E-state index in [2.05, 4.69) is 60.1 Å². The van der Waals surface area contributed by atoms with Crippen LogP contribution in [0.25, 0.3) is 19.4 Å². The van der Waals surface area contributed by atoms with Crippen LogP contribution in [-0.2, 0) is 53.4 Å². The van der Waals surface area contributed by atoms with Crippen LogP contribution in [0.15, 0.2) is 188 Å². The van der Waals surface area contributed by atoms with Gasteiger partial charge in [0.05, 0.1) is 86.7 Å². The van der Waals surface area contributed by atoms with E-state index in [-0.39, 0.29) is 111 Å². The maximum atomic E-state index is 14.1. The van der Waals surface area contributed by atoms with Crippen LogP contribution in [0.2, 0.25) is 0 Å². The predicted octanol–water partition coefficient (Wildman–Crippen LogP) is 24.5. The Morgan fingerprint density at radius 3 is 1.30 bits per heavy atom. The average Bonchev–Trinajstić information content (AvgIpc) is 0.765. The molecule has 0 radical (unpaired) electrons. The molecule has 0 bridgehead atoms. The summed E-state index contributed by atoms with van der Waals surface area (Å²) >= 11 is 0. The Kier molecular flexibility index (Phi) is 39.5. The van der Waals surface area contributed by atoms with Gasteiger partial charge in [-0.1, -0.05) is 82.1 Å². The number of esters is 2. The lowest BCUT2D eigenvalue weighted by Crippen LogP contribution is -2.46. The molecule has 0 unspecified atom stereocenters. The first-order valence-electron chi connectivity index (χ1n) is 36.3. The monoisotopic (exact) mass is 1720 g/mol. The van der Waals surface area contributed by atoms with Gasteiger partial charge in [0.25, 0.3) is 0 Å². The SMILES string of the molecule is CC.CCOC(=O)CCNc1ccc(C)c(F)c1.[C-]#[N+]c1ccc(N2C(=C)N(c3ccc(C)c(F)c3)CCC2=O)cc1C(F)(F)F.[C-]#[N+]c1ccc(N=CC)cc1C(F)(F)F.[C-]#[N+]c1ccc(NC(=C)N(CCC(=O)O)c2ccc(C)c(F)c2)cc1C(F)(F)F.[C-]#[N+]c1ccc(NC(=C)N(CCC(=O)OCC)c2ccc(C)c(F)c2)cc1C(F)(F)F.[H+].[OH-]. The summed E-state index contributed by atoms with van der Waals surface area (Å²) in [6.07, 6.45) is -17.3. The number of nitrogens with zero attached hydrogens (tertiary/aromatic N) is 9. The third-order valence-corrected chi connectivity index (χ3v) is 16.7. The molecule has 0 aromatic heterocycles. The van der Waals surface area contributed by atoms with Crippen molar-refractivity contribution in [2.45, 2.75) is 113 Å². The fourth-order valence-electron chi connectivity index (χ4n) is 10.7. The average molecular weight is 1720 g/mol. The summed E-state index contributed by atoms with van der Waals surface area (Å²) < 4.78 is 221. The molecule has 1 saturated heterocycles. The Morgan fingerprint density at radius 1 is 0.525 bits per heavy atom. The molecule has 1 amide bonds. The number of aliphatic imine (C=N–C) groups is 1. The summed E-state index contributed by atoms with van der Waals surface area (Å²) in [6.45, 7) is 55.5. The Labute approximate surface area is 695 Å². The second-order valence-corrected chi connectivity index (χ2v) is 25.1. The van der Waals surface area contributed by atoms with Crippen LogP contribution in [0.3, 0.4) is 0 Å². The number of benzene rings is 8. The van der Waals surface area contributed by atoms with Crippen LogP contribution in [0.1, 0.15) is 106 Å². The number of carboxylic acid groups (broad SMARTS) is 1. The van der Waals surface area contributed by atoms with Crippen molar-refractivity contribution in [2.75, 3.05) is 74.9 Å². The highest BCUT2D eigenvalue weighted by molar-refractivity contribution is 5.99. The van der Waals surface area contributed by atoms with Gasteiger partial charge in [-0.15, -0.1) is 0 Å². The van der Waals surface area contributed by atoms with Crippen molar-refractivity contribution in [1.82, 2.24) is 0 Å². The maximum Gasteiger partial charge on any atom is 1.00 e. The molecule has 1 aliphatic heterocycles. The standard InChI is InChI=1S/C22H21F4N3O2.C20H17F4N3O2.C20H15F4N3O.C12H16FNO2.C10H7F3N2.C2H6.H2O/c1-5-31-21(30)10-11-29(17-8-6-14(2)19(23)13-17)15(3)28-16-7-9-20(27-4)18(12-16)22(24,25)26;1-12-4-6-15(11-17(12)21)27(9-8-19(28)29)13(2)26-14-5-7-18(25-3)16(10-14)20(22,23)24;1-12-4-5-14(11-17(12)21)26-9-8-19(28)27(13(26)2)15-6-7-18(25-3)16(10-15)20(22,23)24;1-3-16-12(15)6-7-14-10-5-4-9(2)11(13)8-10;1-3-15-7-4-5-9(14-2)8(6-7)10(11,12)13;1-2;/h6-9,12-13,28H,3,5,10-11H2,1-2H3;4-7,10-11,26H,2,8-9H2,1H3,(H,28,29);4-7,10-11H,2,8-9H2,1H3;4-5,8,14H,3,6-7H2,1-2H3;3-6H,1H3;1-2H3;1H2. The van der Waals surface area contributed by atoms with E-state index in [1.807, 2.05) is 13.8 Å². The second-order valence-electron chi connectivity index (χ2n) is 25.1. The van der Waals surface area contributed by atoms with Crippen LogP contribution in [-0.4, -0.2) is 80.0 Å². The number of anilines is 7. The van der Waals surface area contributed by atoms with Crippen molar-refractivity contribution >= 4 is 98.3 Å². The first-order chi connectivity index (χ1) is 56.8. The van der Waals surface area contributed by atoms with E-state index < -0.39 is 105 Å². The molecule has 1 heterocycles. The van der Waals surface area contributed by atoms with Gasteiger partial charge in [0.1, 0.15) is 40.7 Å². The Morgan fingerprint density at radius 2 is 0.893 bits per heavy atom. The van der Waals surface area contributed by atoms with Crippen LogP contribution < -0.4 is 35.6 Å². The number of hydrogen-bond acceptors (Lipinski definition) is 14. The highest BCUT2D eigenvalue weighted by Gasteiger charge is 2.39. The fourth-order valence-corrected chi connectivity index (χ4v) is 10.7. The zero-order valence-corrected chi connectivity index (χ0v) is 67.0. The zero-order chi connectivity index (χ0) is 91.0. The van der Waals surface area contributed by atoms with E-state index >= 15 is 0 Å². The first kappa shape index (κ1) is 102. The van der Waals surface area contributed by atoms with Crippen LogP contribution in [0, 0.1) is 77.3 Å². The number of ether oxygens (including phenoxy) is 2. The summed E-state index contributed by atoms with van der Waals surface area (Å²) in [5, 5.41) is 17.3. The molecule has 5 N–H and O–H groups in total. The molecule has 0 spiro atoms. The number of carbonyl (C=O) groups excluding carboxylic acids is 3. The summed E-state index contributed by atoms with van der Waals surface area (Å²) in [6, 6.07) is 30.7. The molecular weight excluding hydrogens is 1630 g/mol. The van der Waals surface area contributed by atoms with Gasteiger partial charge in [0.2, 0.25) is 5.91 Å². The van der Waals surface area contributed by atoms with Crippen molar-refractivity contribution < 1.29 is 111 Å². The van der Waals surface area contributed by atoms with E-state index in [0.29, 0.717) is 58.2 Å². The first-order valence-corrected chi connectivity index (χ1v) is 36.3. The quantitative estimate of drug-likeness (QED) is 0.0203. The Balaban J connectivity index is 0.000000529. The summed E-state index contributed by atoms with van der Waals surface area (Å²) in [4.78, 5) is 66.9. The number of aliphatic carboxylic acids is 1. The fraction of sp³-hybridized carbons (Fsp3) is 0.267. The highest BCUT2D eigenvalue weighted by Crippen LogP contribution is 2.44. The van der Waals surface area contributed by atoms with Crippen LogP contribution >= 0.6 is 0 Å². The zero-order valence-electron chi connectivity index (χ0n) is 68.0. The van der Waals surface area contributed by atoms with Gasteiger partial charge < -0.3 is 50.7 Å². The smallest absolute Gasteiger partial charge is 0.870 e. The molecule has 648 valence electrons. The van der Waals surface area contributed by atoms with E-state index in [1.165, 1.54) is 70.6 Å². The minimum Gasteiger partial charge on any atom is -0.870 e. The summed E-state index contributed by atoms with van der Waals surface area (Å²) in [5.74, 6) is -3.65. The lowest BCUT2D eigenvalue weighted by atomic mass is 10.1. The predicted molar refractivity (Wildman–Crippen MR) is 436 cm³/mol. The van der Waals surface area contributed by atoms with E-state index in [0.717, 1.165) is 53.4 Å². The molecule has 1 aliphatic rings. The normalized spacial score (nSPS) is 11.6. The summed E-state index contributed by atoms with van der Waals surface area (Å²) in [7, 11) is 0. The van der Waals surface area contributed by atoms with Gasteiger partial charge in [-0.2, -0.15) is 52.7 Å². The number of halogens is 16. The van der Waals surface area contributed by atoms with E-state index in [9.17, 15) is 89.4 Å². The van der Waals surface area contributed by atoms with E-state index in [4.69, 9.17) is 40.9 Å². The van der Waals surface area contributed by atoms with Gasteiger partial charge in [0.15, 0.2) is 22.7 Å². The van der Waals surface area contributed by atoms with Crippen molar-refractivity contribution in [2.24, 2.45) is 4.99 Å². The van der Waals surface area contributed by atoms with Gasteiger partial charge in [0, 0.05) is 78.6 Å². The Bertz CT molecular complexity index is 5250. The molecule has 0 saturated carbocycles. The van der Waals surface area contributed by atoms with Crippen LogP contribution in [0.5, 0.6) is 0 Å². The third kappa shape index (κ3) is 30.5. The number of aryl methyl sites for hydroxylation is 4.